The SMILES string of the molecule is COc1cccc(-c2nc(-c3ccc(CCN4C5CCC4COC5)cc3)nn2CC(=O)CC(C)C)c1. The van der Waals surface area contributed by atoms with Gasteiger partial charge in [0, 0.05) is 36.2 Å². The molecule has 2 fully saturated rings. The molecule has 1 aromatic heterocycles. The summed E-state index contributed by atoms with van der Waals surface area (Å²) in [6.45, 7) is 7.14. The lowest BCUT2D eigenvalue weighted by molar-refractivity contribution is -0.120. The van der Waals surface area contributed by atoms with Crippen LogP contribution >= 0.6 is 0 Å². The summed E-state index contributed by atoms with van der Waals surface area (Å²) in [5.41, 5.74) is 3.14. The first kappa shape index (κ1) is 24.7. The second kappa shape index (κ2) is 10.9. The molecule has 0 saturated carbocycles. The smallest absolute Gasteiger partial charge is 0.181 e. The first-order valence-corrected chi connectivity index (χ1v) is 13.0. The zero-order valence-corrected chi connectivity index (χ0v) is 21.5. The molecular weight excluding hydrogens is 452 g/mol. The number of methoxy groups -OCH3 is 1. The molecule has 2 aromatic carbocycles. The summed E-state index contributed by atoms with van der Waals surface area (Å²) in [6, 6.07) is 17.4. The number of hydrogen-bond acceptors (Lipinski definition) is 6. The minimum atomic E-state index is 0.151. The van der Waals surface area contributed by atoms with Crippen LogP contribution in [0.4, 0.5) is 0 Å². The fraction of sp³-hybridized carbons (Fsp3) is 0.483. The highest BCUT2D eigenvalue weighted by Gasteiger charge is 2.36. The van der Waals surface area contributed by atoms with Gasteiger partial charge in [0.15, 0.2) is 17.4 Å². The summed E-state index contributed by atoms with van der Waals surface area (Å²) < 4.78 is 12.9. The number of nitrogens with zero attached hydrogens (tertiary/aromatic N) is 4. The van der Waals surface area contributed by atoms with Crippen molar-refractivity contribution in [3.8, 4) is 28.5 Å². The highest BCUT2D eigenvalue weighted by molar-refractivity contribution is 5.79. The molecule has 3 aromatic rings. The summed E-state index contributed by atoms with van der Waals surface area (Å²) in [7, 11) is 1.65. The van der Waals surface area contributed by atoms with Crippen LogP contribution < -0.4 is 4.74 Å². The van der Waals surface area contributed by atoms with Crippen molar-refractivity contribution in [1.29, 1.82) is 0 Å². The molecule has 0 amide bonds. The Kier molecular flexibility index (Phi) is 7.48. The van der Waals surface area contributed by atoms with Crippen LogP contribution in [0.15, 0.2) is 48.5 Å². The van der Waals surface area contributed by atoms with E-state index in [1.165, 1.54) is 18.4 Å². The Morgan fingerprint density at radius 2 is 1.83 bits per heavy atom. The van der Waals surface area contributed by atoms with Gasteiger partial charge in [-0.05, 0) is 42.9 Å². The lowest BCUT2D eigenvalue weighted by Gasteiger charge is -2.34. The van der Waals surface area contributed by atoms with Crippen molar-refractivity contribution in [2.45, 2.75) is 58.2 Å². The molecule has 0 spiro atoms. The van der Waals surface area contributed by atoms with Crippen molar-refractivity contribution in [3.63, 3.8) is 0 Å². The molecule has 2 aliphatic heterocycles. The monoisotopic (exact) mass is 488 g/mol. The Bertz CT molecular complexity index is 1170. The number of ether oxygens (including phenoxy) is 2. The van der Waals surface area contributed by atoms with Crippen LogP contribution in [0.1, 0.15) is 38.7 Å². The van der Waals surface area contributed by atoms with Crippen LogP contribution in [0.25, 0.3) is 22.8 Å². The number of morpholine rings is 1. The first-order chi connectivity index (χ1) is 17.5. The van der Waals surface area contributed by atoms with Crippen molar-refractivity contribution in [2.75, 3.05) is 26.9 Å². The highest BCUT2D eigenvalue weighted by Crippen LogP contribution is 2.29. The van der Waals surface area contributed by atoms with Gasteiger partial charge in [-0.25, -0.2) is 9.67 Å². The van der Waals surface area contributed by atoms with Gasteiger partial charge in [-0.2, -0.15) is 0 Å². The van der Waals surface area contributed by atoms with E-state index >= 15 is 0 Å². The van der Waals surface area contributed by atoms with E-state index in [-0.39, 0.29) is 12.3 Å². The molecule has 2 atom stereocenters. The van der Waals surface area contributed by atoms with E-state index in [1.807, 2.05) is 24.3 Å². The maximum Gasteiger partial charge on any atom is 0.181 e. The van der Waals surface area contributed by atoms with Gasteiger partial charge in [0.1, 0.15) is 12.3 Å². The van der Waals surface area contributed by atoms with Gasteiger partial charge in [-0.15, -0.1) is 5.10 Å². The number of fused-ring (bicyclic) bond motifs is 2. The van der Waals surface area contributed by atoms with Crippen LogP contribution in [-0.4, -0.2) is 64.4 Å². The number of aromatic nitrogens is 3. The number of Topliss-reactive ketones (excluding diaryl/α,β-unsaturated/α-hetero) is 1. The van der Waals surface area contributed by atoms with Gasteiger partial charge in [0.05, 0.1) is 20.3 Å². The number of benzene rings is 2. The van der Waals surface area contributed by atoms with Crippen LogP contribution in [0.5, 0.6) is 5.75 Å². The zero-order valence-electron chi connectivity index (χ0n) is 21.5. The first-order valence-electron chi connectivity index (χ1n) is 13.0. The summed E-state index contributed by atoms with van der Waals surface area (Å²) in [4.78, 5) is 20.1. The Balaban J connectivity index is 1.35. The quantitative estimate of drug-likeness (QED) is 0.414. The van der Waals surface area contributed by atoms with Crippen molar-refractivity contribution in [1.82, 2.24) is 19.7 Å². The molecule has 2 aliphatic rings. The van der Waals surface area contributed by atoms with E-state index in [0.717, 1.165) is 43.1 Å². The second-order valence-corrected chi connectivity index (χ2v) is 10.4. The number of carbonyl (C=O) groups excluding carboxylic acids is 1. The molecule has 5 rings (SSSR count). The molecule has 2 bridgehead atoms. The van der Waals surface area contributed by atoms with E-state index in [4.69, 9.17) is 19.6 Å². The van der Waals surface area contributed by atoms with E-state index in [0.29, 0.717) is 36.1 Å². The summed E-state index contributed by atoms with van der Waals surface area (Å²) in [5.74, 6) is 2.50. The maximum absolute atomic E-state index is 12.6. The van der Waals surface area contributed by atoms with Gasteiger partial charge < -0.3 is 9.47 Å². The topological polar surface area (TPSA) is 69.5 Å². The van der Waals surface area contributed by atoms with Gasteiger partial charge >= 0.3 is 0 Å². The minimum Gasteiger partial charge on any atom is -0.497 e. The predicted octanol–water partition coefficient (Wildman–Crippen LogP) is 4.64. The third-order valence-electron chi connectivity index (χ3n) is 7.22. The summed E-state index contributed by atoms with van der Waals surface area (Å²) >= 11 is 0. The average Bonchev–Trinajstić information content (AvgIpc) is 3.38. The Labute approximate surface area is 213 Å². The number of carbonyl (C=O) groups is 1. The minimum absolute atomic E-state index is 0.151. The Morgan fingerprint density at radius 1 is 1.08 bits per heavy atom. The molecule has 2 saturated heterocycles. The fourth-order valence-electron chi connectivity index (χ4n) is 5.39. The summed E-state index contributed by atoms with van der Waals surface area (Å²) in [6.07, 6.45) is 4.06. The predicted molar refractivity (Wildman–Crippen MR) is 140 cm³/mol. The van der Waals surface area contributed by atoms with E-state index in [1.54, 1.807) is 11.8 Å². The second-order valence-electron chi connectivity index (χ2n) is 10.4. The molecule has 190 valence electrons. The number of ketones is 1. The van der Waals surface area contributed by atoms with Gasteiger partial charge in [-0.3, -0.25) is 9.69 Å². The van der Waals surface area contributed by atoms with E-state index in [2.05, 4.69) is 43.0 Å². The molecule has 2 unspecified atom stereocenters. The molecule has 7 nitrogen and oxygen atoms in total. The molecular formula is C29H36N4O3. The lowest BCUT2D eigenvalue weighted by atomic mass is 10.1. The van der Waals surface area contributed by atoms with Crippen LogP contribution in [-0.2, 0) is 22.5 Å². The van der Waals surface area contributed by atoms with Crippen molar-refractivity contribution >= 4 is 5.78 Å². The molecule has 0 N–H and O–H groups in total. The number of hydrogen-bond donors (Lipinski definition) is 0. The maximum atomic E-state index is 12.6. The lowest BCUT2D eigenvalue weighted by Crippen LogP contribution is -2.46. The molecule has 0 radical (unpaired) electrons. The molecule has 7 heteroatoms. The third kappa shape index (κ3) is 5.52. The summed E-state index contributed by atoms with van der Waals surface area (Å²) in [5, 5.41) is 4.76. The van der Waals surface area contributed by atoms with Crippen LogP contribution in [0.3, 0.4) is 0 Å². The van der Waals surface area contributed by atoms with Gasteiger partial charge in [0.2, 0.25) is 0 Å². The van der Waals surface area contributed by atoms with Crippen molar-refractivity contribution in [3.05, 3.63) is 54.1 Å². The average molecular weight is 489 g/mol. The standard InChI is InChI=1S/C29H36N4O3/c1-20(2)15-26(34)17-33-29(23-5-4-6-27(16-23)35-3)30-28(31-33)22-9-7-21(8-10-22)13-14-32-24-11-12-25(32)19-36-18-24/h4-10,16,20,24-25H,11-15,17-19H2,1-3H3. The van der Waals surface area contributed by atoms with E-state index < -0.39 is 0 Å². The van der Waals surface area contributed by atoms with Crippen LogP contribution in [0, 0.1) is 5.92 Å². The van der Waals surface area contributed by atoms with E-state index in [9.17, 15) is 4.79 Å². The van der Waals surface area contributed by atoms with Crippen molar-refractivity contribution in [2.24, 2.45) is 5.92 Å². The van der Waals surface area contributed by atoms with Gasteiger partial charge in [0.25, 0.3) is 0 Å². The fourth-order valence-corrected chi connectivity index (χ4v) is 5.39. The van der Waals surface area contributed by atoms with Gasteiger partial charge in [-0.1, -0.05) is 50.2 Å². The number of rotatable bonds is 10. The molecule has 36 heavy (non-hydrogen) atoms. The van der Waals surface area contributed by atoms with Crippen LogP contribution in [0.2, 0.25) is 0 Å². The van der Waals surface area contributed by atoms with Crippen molar-refractivity contribution < 1.29 is 14.3 Å². The third-order valence-corrected chi connectivity index (χ3v) is 7.22. The Morgan fingerprint density at radius 3 is 2.53 bits per heavy atom. The molecule has 3 heterocycles. The highest BCUT2D eigenvalue weighted by atomic mass is 16.5. The molecule has 0 aliphatic carbocycles. The largest absolute Gasteiger partial charge is 0.497 e. The zero-order chi connectivity index (χ0) is 25.1. The normalized spacial score (nSPS) is 19.7. The Hall–Kier alpha value is -3.03.